The number of anilines is 1. The normalized spacial score (nSPS) is 17.5. The third-order valence-corrected chi connectivity index (χ3v) is 6.18. The lowest BCUT2D eigenvalue weighted by Crippen LogP contribution is -2.47. The Morgan fingerprint density at radius 2 is 1.55 bits per heavy atom. The zero-order valence-electron chi connectivity index (χ0n) is 17.5. The van der Waals surface area contributed by atoms with Crippen molar-refractivity contribution in [3.63, 3.8) is 0 Å². The second-order valence-corrected chi connectivity index (χ2v) is 7.96. The van der Waals surface area contributed by atoms with Crippen LogP contribution in [0.2, 0.25) is 0 Å². The molecule has 4 rings (SSSR count). The summed E-state index contributed by atoms with van der Waals surface area (Å²) in [6.07, 6.45) is 1.30. The van der Waals surface area contributed by atoms with Gasteiger partial charge in [-0.05, 0) is 51.1 Å². The molecule has 0 aromatic heterocycles. The van der Waals surface area contributed by atoms with Gasteiger partial charge in [0.2, 0.25) is 5.91 Å². The minimum Gasteiger partial charge on any atom is -0.469 e. The number of fused-ring (bicyclic) bond motifs is 2. The quantitative estimate of drug-likeness (QED) is 0.653. The van der Waals surface area contributed by atoms with Gasteiger partial charge < -0.3 is 10.1 Å². The molecule has 1 saturated heterocycles. The number of piperidine rings is 1. The van der Waals surface area contributed by atoms with Crippen molar-refractivity contribution in [3.8, 4) is 0 Å². The van der Waals surface area contributed by atoms with E-state index in [1.807, 2.05) is 11.8 Å². The Morgan fingerprint density at radius 1 is 0.968 bits per heavy atom. The van der Waals surface area contributed by atoms with Gasteiger partial charge in [-0.15, -0.1) is 0 Å². The summed E-state index contributed by atoms with van der Waals surface area (Å²) >= 11 is 0. The lowest BCUT2D eigenvalue weighted by atomic mass is 9.84. The molecule has 31 heavy (non-hydrogen) atoms. The van der Waals surface area contributed by atoms with Crippen molar-refractivity contribution >= 4 is 29.1 Å². The van der Waals surface area contributed by atoms with E-state index >= 15 is 0 Å². The number of amides is 1. The summed E-state index contributed by atoms with van der Waals surface area (Å²) in [5, 5.41) is 2.86. The van der Waals surface area contributed by atoms with Gasteiger partial charge in [0.25, 0.3) is 0 Å². The van der Waals surface area contributed by atoms with E-state index in [0.29, 0.717) is 53.9 Å². The third-order valence-electron chi connectivity index (χ3n) is 6.18. The smallest absolute Gasteiger partial charge is 0.308 e. The fourth-order valence-electron chi connectivity index (χ4n) is 4.28. The second kappa shape index (κ2) is 8.43. The average molecular weight is 420 g/mol. The summed E-state index contributed by atoms with van der Waals surface area (Å²) in [7, 11) is 1.39. The Labute approximate surface area is 180 Å². The maximum absolute atomic E-state index is 12.9. The van der Waals surface area contributed by atoms with E-state index in [9.17, 15) is 19.2 Å². The Kier molecular flexibility index (Phi) is 5.69. The first-order valence-electron chi connectivity index (χ1n) is 10.4. The number of esters is 1. The van der Waals surface area contributed by atoms with E-state index in [4.69, 9.17) is 4.74 Å². The molecule has 7 heteroatoms. The zero-order valence-corrected chi connectivity index (χ0v) is 17.5. The lowest BCUT2D eigenvalue weighted by Gasteiger charge is -2.34. The van der Waals surface area contributed by atoms with Crippen LogP contribution in [0.4, 0.5) is 5.69 Å². The highest BCUT2D eigenvalue weighted by Crippen LogP contribution is 2.29. The molecule has 1 atom stereocenters. The van der Waals surface area contributed by atoms with Crippen LogP contribution in [-0.4, -0.2) is 54.6 Å². The van der Waals surface area contributed by atoms with E-state index < -0.39 is 6.04 Å². The number of hydrogen-bond donors (Lipinski definition) is 1. The van der Waals surface area contributed by atoms with Gasteiger partial charge in [0.05, 0.1) is 19.1 Å². The van der Waals surface area contributed by atoms with Crippen LogP contribution < -0.4 is 5.32 Å². The largest absolute Gasteiger partial charge is 0.469 e. The van der Waals surface area contributed by atoms with Crippen molar-refractivity contribution in [1.82, 2.24) is 4.90 Å². The molecule has 1 heterocycles. The van der Waals surface area contributed by atoms with Crippen LogP contribution in [0.3, 0.4) is 0 Å². The predicted octanol–water partition coefficient (Wildman–Crippen LogP) is 2.67. The fraction of sp³-hybridized carbons (Fsp3) is 0.333. The average Bonchev–Trinajstić information content (AvgIpc) is 2.81. The number of carbonyl (C=O) groups is 4. The Morgan fingerprint density at radius 3 is 2.16 bits per heavy atom. The van der Waals surface area contributed by atoms with Crippen molar-refractivity contribution in [2.24, 2.45) is 5.92 Å². The molecule has 1 aliphatic heterocycles. The molecular weight excluding hydrogens is 396 g/mol. The molecule has 2 aromatic carbocycles. The van der Waals surface area contributed by atoms with Gasteiger partial charge in [0, 0.05) is 27.9 Å². The Hall–Kier alpha value is -3.32. The molecule has 0 radical (unpaired) electrons. The van der Waals surface area contributed by atoms with Crippen LogP contribution in [-0.2, 0) is 14.3 Å². The van der Waals surface area contributed by atoms with Crippen molar-refractivity contribution in [1.29, 1.82) is 0 Å². The molecular formula is C24H24N2O5. The molecule has 1 amide bonds. The highest BCUT2D eigenvalue weighted by atomic mass is 16.5. The number of methoxy groups -OCH3 is 1. The summed E-state index contributed by atoms with van der Waals surface area (Å²) in [5.41, 5.74) is 1.90. The summed E-state index contributed by atoms with van der Waals surface area (Å²) in [6.45, 7) is 3.07. The first-order valence-corrected chi connectivity index (χ1v) is 10.4. The number of nitrogens with one attached hydrogen (secondary N) is 1. The summed E-state index contributed by atoms with van der Waals surface area (Å²) in [4.78, 5) is 52.1. The van der Waals surface area contributed by atoms with Gasteiger partial charge in [-0.2, -0.15) is 0 Å². The number of likely N-dealkylation sites (tertiary alicyclic amines) is 1. The minimum absolute atomic E-state index is 0.122. The van der Waals surface area contributed by atoms with Crippen molar-refractivity contribution in [3.05, 3.63) is 64.7 Å². The molecule has 2 aliphatic rings. The standard InChI is InChI=1S/C24H24N2O5/c1-14(26-11-9-15(10-12-26)24(30)31-2)23(29)25-16-7-8-19-20(13-16)22(28)18-6-4-3-5-17(18)21(19)27/h3-8,13-15H,9-12H2,1-2H3,(H,25,29)/t14-/m0/s1. The number of carbonyl (C=O) groups excluding carboxylic acids is 4. The van der Waals surface area contributed by atoms with Crippen molar-refractivity contribution < 1.29 is 23.9 Å². The molecule has 1 aliphatic carbocycles. The SMILES string of the molecule is COC(=O)C1CCN([C@@H](C)C(=O)Nc2ccc3c(c2)C(=O)c2ccccc2C3=O)CC1. The van der Waals surface area contributed by atoms with Crippen LogP contribution in [0, 0.1) is 5.92 Å². The zero-order chi connectivity index (χ0) is 22.1. The van der Waals surface area contributed by atoms with Crippen LogP contribution in [0.25, 0.3) is 0 Å². The van der Waals surface area contributed by atoms with E-state index in [1.165, 1.54) is 7.11 Å². The van der Waals surface area contributed by atoms with Gasteiger partial charge in [0.1, 0.15) is 0 Å². The number of benzene rings is 2. The number of hydrogen-bond acceptors (Lipinski definition) is 6. The molecule has 160 valence electrons. The summed E-state index contributed by atoms with van der Waals surface area (Å²) in [5.74, 6) is -0.939. The van der Waals surface area contributed by atoms with Crippen LogP contribution >= 0.6 is 0 Å². The second-order valence-electron chi connectivity index (χ2n) is 7.96. The molecule has 0 unspecified atom stereocenters. The van der Waals surface area contributed by atoms with Gasteiger partial charge >= 0.3 is 5.97 Å². The minimum atomic E-state index is -0.396. The van der Waals surface area contributed by atoms with Crippen LogP contribution in [0.5, 0.6) is 0 Å². The summed E-state index contributed by atoms with van der Waals surface area (Å²) in [6, 6.07) is 11.2. The molecule has 1 fully saturated rings. The molecule has 7 nitrogen and oxygen atoms in total. The Balaban J connectivity index is 1.46. The predicted molar refractivity (Wildman–Crippen MR) is 114 cm³/mol. The fourth-order valence-corrected chi connectivity index (χ4v) is 4.28. The topological polar surface area (TPSA) is 92.8 Å². The van der Waals surface area contributed by atoms with Gasteiger partial charge in [-0.1, -0.05) is 24.3 Å². The number of nitrogens with zero attached hydrogens (tertiary/aromatic N) is 1. The van der Waals surface area contributed by atoms with Crippen LogP contribution in [0.1, 0.15) is 51.6 Å². The monoisotopic (exact) mass is 420 g/mol. The molecule has 0 spiro atoms. The van der Waals surface area contributed by atoms with E-state index in [0.717, 1.165) is 0 Å². The highest BCUT2D eigenvalue weighted by molar-refractivity contribution is 6.28. The third kappa shape index (κ3) is 3.88. The van der Waals surface area contributed by atoms with E-state index in [1.54, 1.807) is 42.5 Å². The maximum atomic E-state index is 12.9. The molecule has 0 saturated carbocycles. The lowest BCUT2D eigenvalue weighted by molar-refractivity contribution is -0.147. The van der Waals surface area contributed by atoms with Gasteiger partial charge in [0.15, 0.2) is 11.6 Å². The first-order chi connectivity index (χ1) is 14.9. The van der Waals surface area contributed by atoms with Crippen LogP contribution in [0.15, 0.2) is 42.5 Å². The van der Waals surface area contributed by atoms with E-state index in [-0.39, 0.29) is 29.4 Å². The van der Waals surface area contributed by atoms with Crippen molar-refractivity contribution in [2.75, 3.05) is 25.5 Å². The molecule has 2 aromatic rings. The summed E-state index contributed by atoms with van der Waals surface area (Å²) < 4.78 is 4.81. The number of ether oxygens (including phenoxy) is 1. The first kappa shape index (κ1) is 20.9. The maximum Gasteiger partial charge on any atom is 0.308 e. The molecule has 0 bridgehead atoms. The van der Waals surface area contributed by atoms with Crippen molar-refractivity contribution in [2.45, 2.75) is 25.8 Å². The number of ketones is 2. The van der Waals surface area contributed by atoms with Gasteiger partial charge in [-0.25, -0.2) is 0 Å². The Bertz CT molecular complexity index is 1070. The number of rotatable bonds is 4. The molecule has 1 N–H and O–H groups in total. The van der Waals surface area contributed by atoms with E-state index in [2.05, 4.69) is 5.32 Å². The van der Waals surface area contributed by atoms with Gasteiger partial charge in [-0.3, -0.25) is 24.1 Å². The highest BCUT2D eigenvalue weighted by Gasteiger charge is 2.32.